The topological polar surface area (TPSA) is 56.8 Å². The lowest BCUT2D eigenvalue weighted by atomic mass is 10.3. The first-order valence-electron chi connectivity index (χ1n) is 3.09. The van der Waals surface area contributed by atoms with Crippen LogP contribution >= 0.6 is 0 Å². The van der Waals surface area contributed by atoms with Crippen LogP contribution in [0.1, 0.15) is 6.92 Å². The molecule has 5 nitrogen and oxygen atoms in total. The highest BCUT2D eigenvalue weighted by molar-refractivity contribution is 5.77. The van der Waals surface area contributed by atoms with E-state index in [-0.39, 0.29) is 0 Å². The molecule has 0 saturated heterocycles. The third kappa shape index (κ3) is 2.45. The number of methoxy groups -OCH3 is 2. The van der Waals surface area contributed by atoms with Crippen molar-refractivity contribution in [1.82, 2.24) is 5.48 Å². The quantitative estimate of drug-likeness (QED) is 0.454. The van der Waals surface area contributed by atoms with Gasteiger partial charge in [-0.25, -0.2) is 4.79 Å². The van der Waals surface area contributed by atoms with Crippen LogP contribution in [0.2, 0.25) is 0 Å². The molecule has 0 aromatic rings. The second-order valence-corrected chi connectivity index (χ2v) is 1.95. The molecule has 0 bridgehead atoms. The summed E-state index contributed by atoms with van der Waals surface area (Å²) in [6.45, 7) is 1.46. The van der Waals surface area contributed by atoms with E-state index in [0.717, 1.165) is 0 Å². The third-order valence-electron chi connectivity index (χ3n) is 1.34. The van der Waals surface area contributed by atoms with Gasteiger partial charge in [-0.2, -0.15) is 5.48 Å². The Bertz CT molecular complexity index is 133. The van der Waals surface area contributed by atoms with E-state index in [1.165, 1.54) is 28.2 Å². The van der Waals surface area contributed by atoms with E-state index in [4.69, 9.17) is 9.47 Å². The van der Waals surface area contributed by atoms with Crippen molar-refractivity contribution in [2.45, 2.75) is 12.7 Å². The number of hydroxylamine groups is 1. The summed E-state index contributed by atoms with van der Waals surface area (Å²) in [4.78, 5) is 15.4. The fourth-order valence-corrected chi connectivity index (χ4v) is 0.435. The summed E-state index contributed by atoms with van der Waals surface area (Å²) in [6, 6.07) is 0. The van der Waals surface area contributed by atoms with Crippen molar-refractivity contribution in [3.8, 4) is 0 Å². The predicted molar refractivity (Wildman–Crippen MR) is 37.6 cm³/mol. The van der Waals surface area contributed by atoms with Gasteiger partial charge in [0.2, 0.25) is 0 Å². The van der Waals surface area contributed by atoms with Gasteiger partial charge in [-0.05, 0) is 0 Å². The molecule has 0 unspecified atom stereocenters. The van der Waals surface area contributed by atoms with Gasteiger partial charge in [-0.3, -0.25) is 0 Å². The van der Waals surface area contributed by atoms with Gasteiger partial charge in [0.25, 0.3) is 5.79 Å². The number of carbonyl (C=O) groups is 1. The van der Waals surface area contributed by atoms with Crippen LogP contribution in [0.3, 0.4) is 0 Å². The first-order chi connectivity index (χ1) is 5.10. The minimum Gasteiger partial charge on any atom is -0.367 e. The van der Waals surface area contributed by atoms with E-state index in [9.17, 15) is 4.79 Å². The Morgan fingerprint density at radius 1 is 1.36 bits per heavy atom. The van der Waals surface area contributed by atoms with Gasteiger partial charge >= 0.3 is 5.97 Å². The number of nitrogens with one attached hydrogen (secondary N) is 1. The zero-order chi connectivity index (χ0) is 8.91. The van der Waals surface area contributed by atoms with Crippen molar-refractivity contribution in [3.63, 3.8) is 0 Å². The molecule has 0 aliphatic carbocycles. The Morgan fingerprint density at radius 2 is 1.82 bits per heavy atom. The molecule has 0 aliphatic heterocycles. The van der Waals surface area contributed by atoms with Crippen LogP contribution in [0.15, 0.2) is 0 Å². The highest BCUT2D eigenvalue weighted by atomic mass is 16.8. The number of hydrogen-bond acceptors (Lipinski definition) is 5. The van der Waals surface area contributed by atoms with Gasteiger partial charge in [-0.1, -0.05) is 0 Å². The lowest BCUT2D eigenvalue weighted by Gasteiger charge is -2.22. The monoisotopic (exact) mass is 163 g/mol. The van der Waals surface area contributed by atoms with Gasteiger partial charge < -0.3 is 14.3 Å². The molecule has 0 aromatic heterocycles. The maximum Gasteiger partial charge on any atom is 0.385 e. The molecule has 0 amide bonds. The second-order valence-electron chi connectivity index (χ2n) is 1.95. The SMILES string of the molecule is CNOC(=O)C(C)(OC)OC. The van der Waals surface area contributed by atoms with Crippen LogP contribution in [0, 0.1) is 0 Å². The molecule has 1 N–H and O–H groups in total. The third-order valence-corrected chi connectivity index (χ3v) is 1.34. The Labute approximate surface area is 65.6 Å². The molecule has 66 valence electrons. The summed E-state index contributed by atoms with van der Waals surface area (Å²) < 4.78 is 9.53. The predicted octanol–water partition coefficient (Wildman–Crippen LogP) is -0.327. The van der Waals surface area contributed by atoms with Gasteiger partial charge in [0.1, 0.15) is 0 Å². The maximum atomic E-state index is 11.0. The van der Waals surface area contributed by atoms with E-state index in [1.807, 2.05) is 0 Å². The molecule has 0 fully saturated rings. The molecule has 0 aromatic carbocycles. The van der Waals surface area contributed by atoms with Crippen molar-refractivity contribution in [2.75, 3.05) is 21.3 Å². The summed E-state index contributed by atoms with van der Waals surface area (Å²) in [6.07, 6.45) is 0. The van der Waals surface area contributed by atoms with E-state index >= 15 is 0 Å². The molecular formula is C6H13NO4. The molecule has 0 radical (unpaired) electrons. The Morgan fingerprint density at radius 3 is 2.09 bits per heavy atom. The normalized spacial score (nSPS) is 11.3. The first-order valence-corrected chi connectivity index (χ1v) is 3.09. The fraction of sp³-hybridized carbons (Fsp3) is 0.833. The van der Waals surface area contributed by atoms with Crippen molar-refractivity contribution < 1.29 is 19.1 Å². The first kappa shape index (κ1) is 10.3. The van der Waals surface area contributed by atoms with Crippen LogP contribution in [-0.4, -0.2) is 33.0 Å². The van der Waals surface area contributed by atoms with Gasteiger partial charge in [-0.15, -0.1) is 0 Å². The molecule has 5 heteroatoms. The summed E-state index contributed by atoms with van der Waals surface area (Å²) in [7, 11) is 4.20. The molecule has 0 spiro atoms. The average Bonchev–Trinajstić information content (AvgIpc) is 2.03. The lowest BCUT2D eigenvalue weighted by Crippen LogP contribution is -2.42. The van der Waals surface area contributed by atoms with Crippen LogP contribution in [0.4, 0.5) is 0 Å². The molecular weight excluding hydrogens is 150 g/mol. The van der Waals surface area contributed by atoms with Gasteiger partial charge in [0.15, 0.2) is 0 Å². The largest absolute Gasteiger partial charge is 0.385 e. The van der Waals surface area contributed by atoms with Crippen molar-refractivity contribution >= 4 is 5.97 Å². The second kappa shape index (κ2) is 4.27. The van der Waals surface area contributed by atoms with E-state index in [1.54, 1.807) is 0 Å². The maximum absolute atomic E-state index is 11.0. The number of rotatable bonds is 4. The fourth-order valence-electron chi connectivity index (χ4n) is 0.435. The summed E-state index contributed by atoms with van der Waals surface area (Å²) in [5.74, 6) is -1.95. The summed E-state index contributed by atoms with van der Waals surface area (Å²) in [5, 5.41) is 0. The van der Waals surface area contributed by atoms with Crippen LogP contribution in [-0.2, 0) is 19.1 Å². The van der Waals surface area contributed by atoms with E-state index in [0.29, 0.717) is 0 Å². The zero-order valence-corrected chi connectivity index (χ0v) is 7.13. The van der Waals surface area contributed by atoms with Crippen molar-refractivity contribution in [3.05, 3.63) is 0 Å². The smallest absolute Gasteiger partial charge is 0.367 e. The standard InChI is InChI=1S/C6H13NO4/c1-6(9-3,10-4)5(8)11-7-2/h7H,1-4H3. The van der Waals surface area contributed by atoms with Gasteiger partial charge in [0, 0.05) is 28.2 Å². The highest BCUT2D eigenvalue weighted by Crippen LogP contribution is 2.10. The molecule has 0 heterocycles. The summed E-state index contributed by atoms with van der Waals surface area (Å²) >= 11 is 0. The minimum atomic E-state index is -1.33. The minimum absolute atomic E-state index is 0.620. The van der Waals surface area contributed by atoms with E-state index < -0.39 is 11.8 Å². The molecule has 0 aliphatic rings. The van der Waals surface area contributed by atoms with Crippen LogP contribution in [0.25, 0.3) is 0 Å². The van der Waals surface area contributed by atoms with Crippen LogP contribution < -0.4 is 5.48 Å². The summed E-state index contributed by atoms with van der Waals surface area (Å²) in [5.41, 5.74) is 2.23. The van der Waals surface area contributed by atoms with Crippen molar-refractivity contribution in [2.24, 2.45) is 0 Å². The van der Waals surface area contributed by atoms with E-state index in [2.05, 4.69) is 10.3 Å². The number of ether oxygens (including phenoxy) is 2. The Balaban J connectivity index is 4.12. The lowest BCUT2D eigenvalue weighted by molar-refractivity contribution is -0.227. The average molecular weight is 163 g/mol. The van der Waals surface area contributed by atoms with Crippen molar-refractivity contribution in [1.29, 1.82) is 0 Å². The Hall–Kier alpha value is -0.650. The highest BCUT2D eigenvalue weighted by Gasteiger charge is 2.35. The number of hydrogen-bond donors (Lipinski definition) is 1. The molecule has 0 saturated carbocycles. The van der Waals surface area contributed by atoms with Crippen LogP contribution in [0.5, 0.6) is 0 Å². The molecule has 0 atom stereocenters. The zero-order valence-electron chi connectivity index (χ0n) is 7.13. The Kier molecular flexibility index (Phi) is 4.02. The van der Waals surface area contributed by atoms with Gasteiger partial charge in [0.05, 0.1) is 0 Å². The molecule has 11 heavy (non-hydrogen) atoms. The number of carbonyl (C=O) groups excluding carboxylic acids is 1. The molecule has 0 rings (SSSR count).